The number of hydrogen-bond donors (Lipinski definition) is 3. The van der Waals surface area contributed by atoms with Gasteiger partial charge in [0, 0.05) is 26.2 Å². The predicted octanol–water partition coefficient (Wildman–Crippen LogP) is -1.64. The van der Waals surface area contributed by atoms with Crippen molar-refractivity contribution >= 4 is 38.1 Å². The molecule has 0 unspecified atom stereocenters. The number of carbonyl (C=O) groups is 2. The summed E-state index contributed by atoms with van der Waals surface area (Å²) in [5.41, 5.74) is 0. The number of carboxylic acids is 2. The summed E-state index contributed by atoms with van der Waals surface area (Å²) in [5, 5.41) is 18.1. The summed E-state index contributed by atoms with van der Waals surface area (Å²) in [4.78, 5) is 19.5. The molecule has 10 heavy (non-hydrogen) atoms. The number of carboxylic acid groups (broad SMARTS) is 2. The summed E-state index contributed by atoms with van der Waals surface area (Å²) in [6.07, 6.45) is 0. The Hall–Kier alpha value is -0.217. The van der Waals surface area contributed by atoms with E-state index in [0.717, 1.165) is 0 Å². The molecule has 3 radical (unpaired) electrons. The largest absolute Gasteiger partial charge is 0.480 e. The van der Waals surface area contributed by atoms with Gasteiger partial charge in [0.25, 0.3) is 0 Å². The van der Waals surface area contributed by atoms with Crippen LogP contribution in [0.5, 0.6) is 0 Å². The Labute approximate surface area is 76.5 Å². The van der Waals surface area contributed by atoms with Gasteiger partial charge in [-0.1, -0.05) is 0 Å². The zero-order chi connectivity index (χ0) is 7.28. The molecule has 0 aliphatic rings. The fourth-order valence-electron chi connectivity index (χ4n) is 0.276. The Kier molecular flexibility index (Phi) is 8.59. The van der Waals surface area contributed by atoms with Crippen molar-refractivity contribution in [1.29, 1.82) is 0 Å². The van der Waals surface area contributed by atoms with Gasteiger partial charge in [0.2, 0.25) is 0 Å². The van der Waals surface area contributed by atoms with Crippen LogP contribution >= 0.6 is 0 Å². The summed E-state index contributed by atoms with van der Waals surface area (Å²) < 4.78 is 0. The van der Waals surface area contributed by atoms with Crippen molar-refractivity contribution in [3.63, 3.8) is 0 Å². The molecule has 0 amide bonds. The fraction of sp³-hybridized carbons (Fsp3) is 0.500. The van der Waals surface area contributed by atoms with Crippen molar-refractivity contribution in [3.05, 3.63) is 0 Å². The smallest absolute Gasteiger partial charge is 0.317 e. The number of rotatable bonds is 4. The van der Waals surface area contributed by atoms with E-state index in [9.17, 15) is 9.59 Å². The average Bonchev–Trinajstić information content (AvgIpc) is 1.63. The molecule has 0 heterocycles. The molecular weight excluding hydrogens is 335 g/mol. The van der Waals surface area contributed by atoms with E-state index in [1.165, 1.54) is 0 Å². The molecule has 0 rings (SSSR count). The van der Waals surface area contributed by atoms with Gasteiger partial charge in [-0.05, 0) is 0 Å². The molecular formula is C4H7BiNO4. The second-order valence-corrected chi connectivity index (χ2v) is 1.39. The molecule has 0 aromatic rings. The molecule has 0 bridgehead atoms. The minimum absolute atomic E-state index is 0. The Bertz CT molecular complexity index is 112. The maximum atomic E-state index is 9.73. The van der Waals surface area contributed by atoms with Gasteiger partial charge in [0.1, 0.15) is 0 Å². The number of aliphatic carboxylic acids is 2. The van der Waals surface area contributed by atoms with E-state index in [-0.39, 0.29) is 39.3 Å². The van der Waals surface area contributed by atoms with Crippen LogP contribution < -0.4 is 5.32 Å². The van der Waals surface area contributed by atoms with Crippen LogP contribution in [0.4, 0.5) is 0 Å². The first-order valence-electron chi connectivity index (χ1n) is 2.27. The van der Waals surface area contributed by atoms with Crippen molar-refractivity contribution in [2.75, 3.05) is 13.1 Å². The summed E-state index contributed by atoms with van der Waals surface area (Å²) in [6, 6.07) is 0. The second-order valence-electron chi connectivity index (χ2n) is 1.39. The standard InChI is InChI=1S/C4H7NO4.Bi/c6-3(7)1-5-2-4(8)9;/h5H,1-2H2,(H,6,7)(H,8,9);. The van der Waals surface area contributed by atoms with Crippen LogP contribution in [-0.4, -0.2) is 61.4 Å². The Morgan fingerprint density at radius 3 is 1.60 bits per heavy atom. The maximum absolute atomic E-state index is 9.73. The van der Waals surface area contributed by atoms with Gasteiger partial charge in [-0.2, -0.15) is 0 Å². The van der Waals surface area contributed by atoms with Crippen LogP contribution in [0.25, 0.3) is 0 Å². The van der Waals surface area contributed by atoms with E-state index < -0.39 is 11.9 Å². The number of nitrogens with one attached hydrogen (secondary N) is 1. The van der Waals surface area contributed by atoms with E-state index in [1.807, 2.05) is 0 Å². The molecule has 0 saturated heterocycles. The summed E-state index contributed by atoms with van der Waals surface area (Å²) in [7, 11) is 0. The van der Waals surface area contributed by atoms with E-state index in [2.05, 4.69) is 5.32 Å². The van der Waals surface area contributed by atoms with E-state index >= 15 is 0 Å². The van der Waals surface area contributed by atoms with Crippen molar-refractivity contribution in [2.45, 2.75) is 0 Å². The molecule has 0 fully saturated rings. The molecule has 0 aromatic carbocycles. The van der Waals surface area contributed by atoms with Crippen molar-refractivity contribution in [2.24, 2.45) is 0 Å². The third-order valence-corrected chi connectivity index (χ3v) is 0.552. The van der Waals surface area contributed by atoms with E-state index in [4.69, 9.17) is 10.2 Å². The van der Waals surface area contributed by atoms with Gasteiger partial charge >= 0.3 is 11.9 Å². The van der Waals surface area contributed by atoms with Gasteiger partial charge in [0.15, 0.2) is 0 Å². The Balaban J connectivity index is 0. The Morgan fingerprint density at radius 2 is 1.40 bits per heavy atom. The van der Waals surface area contributed by atoms with Crippen LogP contribution in [0.3, 0.4) is 0 Å². The zero-order valence-electron chi connectivity index (χ0n) is 5.07. The topological polar surface area (TPSA) is 86.6 Å². The Morgan fingerprint density at radius 1 is 1.10 bits per heavy atom. The SMILES string of the molecule is O=C(O)CNCC(=O)O.[Bi]. The first-order chi connectivity index (χ1) is 4.13. The quantitative estimate of drug-likeness (QED) is 0.534. The molecule has 0 spiro atoms. The van der Waals surface area contributed by atoms with Crippen LogP contribution in [0.15, 0.2) is 0 Å². The van der Waals surface area contributed by atoms with Crippen molar-refractivity contribution in [3.8, 4) is 0 Å². The van der Waals surface area contributed by atoms with Gasteiger partial charge in [-0.3, -0.25) is 14.9 Å². The first kappa shape index (κ1) is 12.5. The normalized spacial score (nSPS) is 8.00. The predicted molar refractivity (Wildman–Crippen MR) is 33.9 cm³/mol. The molecule has 57 valence electrons. The molecule has 6 heteroatoms. The van der Waals surface area contributed by atoms with E-state index in [1.54, 1.807) is 0 Å². The maximum Gasteiger partial charge on any atom is 0.317 e. The molecule has 0 aliphatic heterocycles. The average molecular weight is 342 g/mol. The van der Waals surface area contributed by atoms with Crippen LogP contribution in [0.2, 0.25) is 0 Å². The van der Waals surface area contributed by atoms with Gasteiger partial charge in [-0.25, -0.2) is 0 Å². The van der Waals surface area contributed by atoms with Gasteiger partial charge in [-0.15, -0.1) is 0 Å². The van der Waals surface area contributed by atoms with Gasteiger partial charge < -0.3 is 10.2 Å². The molecule has 5 nitrogen and oxygen atoms in total. The minimum atomic E-state index is -1.06. The van der Waals surface area contributed by atoms with Gasteiger partial charge in [0.05, 0.1) is 13.1 Å². The summed E-state index contributed by atoms with van der Waals surface area (Å²) in [5.74, 6) is -2.12. The van der Waals surface area contributed by atoms with Crippen LogP contribution in [-0.2, 0) is 9.59 Å². The first-order valence-corrected chi connectivity index (χ1v) is 2.27. The van der Waals surface area contributed by atoms with Crippen molar-refractivity contribution < 1.29 is 19.8 Å². The minimum Gasteiger partial charge on any atom is -0.480 e. The monoisotopic (exact) mass is 342 g/mol. The second kappa shape index (κ2) is 6.90. The molecule has 0 aliphatic carbocycles. The summed E-state index contributed by atoms with van der Waals surface area (Å²) >= 11 is 0. The fourth-order valence-corrected chi connectivity index (χ4v) is 0.276. The molecule has 3 N–H and O–H groups in total. The molecule has 0 atom stereocenters. The third-order valence-electron chi connectivity index (χ3n) is 0.552. The molecule has 0 aromatic heterocycles. The summed E-state index contributed by atoms with van der Waals surface area (Å²) in [6.45, 7) is -0.626. The third kappa shape index (κ3) is 10.7. The number of hydrogen-bond acceptors (Lipinski definition) is 3. The van der Waals surface area contributed by atoms with Crippen LogP contribution in [0, 0.1) is 0 Å². The molecule has 0 saturated carbocycles. The van der Waals surface area contributed by atoms with Crippen molar-refractivity contribution in [1.82, 2.24) is 5.32 Å². The van der Waals surface area contributed by atoms with Crippen LogP contribution in [0.1, 0.15) is 0 Å². The zero-order valence-corrected chi connectivity index (χ0v) is 8.55. The van der Waals surface area contributed by atoms with E-state index in [0.29, 0.717) is 0 Å².